The van der Waals surface area contributed by atoms with E-state index in [9.17, 15) is 19.7 Å². The Morgan fingerprint density at radius 3 is 2.84 bits per heavy atom. The number of hydrogen-bond acceptors (Lipinski definition) is 7. The number of aryl methyl sites for hydroxylation is 1. The lowest BCUT2D eigenvalue weighted by atomic mass is 10.2. The number of nitrogens with zero attached hydrogens (tertiary/aromatic N) is 3. The van der Waals surface area contributed by atoms with E-state index in [1.807, 2.05) is 0 Å². The van der Waals surface area contributed by atoms with Gasteiger partial charge in [0.1, 0.15) is 5.75 Å². The summed E-state index contributed by atoms with van der Waals surface area (Å²) in [6.07, 6.45) is 1.35. The van der Waals surface area contributed by atoms with Crippen LogP contribution in [0.3, 0.4) is 0 Å². The second-order valence-corrected chi connectivity index (χ2v) is 5.93. The Morgan fingerprint density at radius 2 is 2.16 bits per heavy atom. The first kappa shape index (κ1) is 16.6. The lowest BCUT2D eigenvalue weighted by Crippen LogP contribution is -2.21. The van der Waals surface area contributed by atoms with E-state index in [0.29, 0.717) is 10.1 Å². The van der Waals surface area contributed by atoms with Crippen molar-refractivity contribution < 1.29 is 14.5 Å². The molecule has 0 bridgehead atoms. The van der Waals surface area contributed by atoms with Crippen molar-refractivity contribution in [1.82, 2.24) is 8.94 Å². The maximum atomic E-state index is 12.5. The topological polar surface area (TPSA) is 116 Å². The van der Waals surface area contributed by atoms with Gasteiger partial charge in [-0.25, -0.2) is 0 Å². The molecule has 1 amide bonds. The average Bonchev–Trinajstić information content (AvgIpc) is 2.98. The van der Waals surface area contributed by atoms with Crippen molar-refractivity contribution in [2.45, 2.75) is 0 Å². The predicted octanol–water partition coefficient (Wildman–Crippen LogP) is 2.16. The Balaban J connectivity index is 2.00. The number of non-ortho nitro benzene ring substituents is 1. The molecular weight excluding hydrogens is 348 g/mol. The van der Waals surface area contributed by atoms with Crippen LogP contribution in [0.2, 0.25) is 0 Å². The summed E-state index contributed by atoms with van der Waals surface area (Å²) in [4.78, 5) is 34.6. The Kier molecular flexibility index (Phi) is 4.19. The van der Waals surface area contributed by atoms with Gasteiger partial charge in [-0.05, 0) is 17.6 Å². The molecule has 1 aromatic carbocycles. The van der Waals surface area contributed by atoms with Crippen molar-refractivity contribution >= 4 is 39.0 Å². The maximum Gasteiger partial charge on any atom is 0.270 e. The minimum absolute atomic E-state index is 0.0945. The SMILES string of the molecule is COc1cc(=O)n(C)cc1C(=O)Nc1nsc2ccc([N+](=O)[O-])cc12. The predicted molar refractivity (Wildman–Crippen MR) is 92.5 cm³/mol. The zero-order chi connectivity index (χ0) is 18.1. The van der Waals surface area contributed by atoms with Gasteiger partial charge < -0.3 is 14.6 Å². The van der Waals surface area contributed by atoms with Gasteiger partial charge in [0.2, 0.25) is 0 Å². The fourth-order valence-corrected chi connectivity index (χ4v) is 2.97. The number of fused-ring (bicyclic) bond motifs is 1. The Morgan fingerprint density at radius 1 is 1.40 bits per heavy atom. The first-order chi connectivity index (χ1) is 11.9. The summed E-state index contributed by atoms with van der Waals surface area (Å²) in [5.41, 5.74) is -0.262. The largest absolute Gasteiger partial charge is 0.496 e. The Bertz CT molecular complexity index is 1060. The van der Waals surface area contributed by atoms with E-state index in [1.54, 1.807) is 6.07 Å². The summed E-state index contributed by atoms with van der Waals surface area (Å²) in [5, 5.41) is 14.0. The molecule has 128 valence electrons. The van der Waals surface area contributed by atoms with Crippen molar-refractivity contribution in [2.75, 3.05) is 12.4 Å². The second-order valence-electron chi connectivity index (χ2n) is 5.13. The quantitative estimate of drug-likeness (QED) is 0.563. The highest BCUT2D eigenvalue weighted by molar-refractivity contribution is 7.13. The van der Waals surface area contributed by atoms with Crippen LogP contribution in [-0.4, -0.2) is 26.9 Å². The molecule has 0 aliphatic carbocycles. The molecule has 0 atom stereocenters. The summed E-state index contributed by atoms with van der Waals surface area (Å²) >= 11 is 1.11. The third kappa shape index (κ3) is 3.06. The molecule has 10 heteroatoms. The van der Waals surface area contributed by atoms with Gasteiger partial charge in [-0.15, -0.1) is 0 Å². The number of carbonyl (C=O) groups excluding carboxylic acids is 1. The average molecular weight is 360 g/mol. The minimum Gasteiger partial charge on any atom is -0.496 e. The fourth-order valence-electron chi connectivity index (χ4n) is 2.26. The summed E-state index contributed by atoms with van der Waals surface area (Å²) in [7, 11) is 2.87. The highest BCUT2D eigenvalue weighted by atomic mass is 32.1. The maximum absolute atomic E-state index is 12.5. The lowest BCUT2D eigenvalue weighted by molar-refractivity contribution is -0.384. The van der Waals surface area contributed by atoms with Gasteiger partial charge in [0.15, 0.2) is 5.82 Å². The normalized spacial score (nSPS) is 10.6. The van der Waals surface area contributed by atoms with E-state index in [1.165, 1.54) is 43.1 Å². The van der Waals surface area contributed by atoms with E-state index >= 15 is 0 Å². The number of carbonyl (C=O) groups is 1. The van der Waals surface area contributed by atoms with Crippen LogP contribution in [0.25, 0.3) is 10.1 Å². The smallest absolute Gasteiger partial charge is 0.270 e. The molecule has 0 saturated carbocycles. The van der Waals surface area contributed by atoms with Gasteiger partial charge in [-0.1, -0.05) is 0 Å². The van der Waals surface area contributed by atoms with E-state index in [0.717, 1.165) is 11.5 Å². The highest BCUT2D eigenvalue weighted by Crippen LogP contribution is 2.30. The molecule has 0 saturated heterocycles. The van der Waals surface area contributed by atoms with Crippen LogP contribution in [0.5, 0.6) is 5.75 Å². The number of nitrogens with one attached hydrogen (secondary N) is 1. The molecule has 3 aromatic rings. The van der Waals surface area contributed by atoms with E-state index in [2.05, 4.69) is 9.69 Å². The molecular formula is C15H12N4O5S. The number of methoxy groups -OCH3 is 1. The van der Waals surface area contributed by atoms with Gasteiger partial charge in [-0.3, -0.25) is 19.7 Å². The number of anilines is 1. The molecule has 0 fully saturated rings. The molecule has 9 nitrogen and oxygen atoms in total. The minimum atomic E-state index is -0.536. The summed E-state index contributed by atoms with van der Waals surface area (Å²) in [6, 6.07) is 5.51. The molecule has 2 heterocycles. The van der Waals surface area contributed by atoms with Crippen LogP contribution in [-0.2, 0) is 7.05 Å². The zero-order valence-electron chi connectivity index (χ0n) is 13.2. The zero-order valence-corrected chi connectivity index (χ0v) is 14.0. The van der Waals surface area contributed by atoms with E-state index < -0.39 is 10.8 Å². The van der Waals surface area contributed by atoms with Crippen LogP contribution in [0.15, 0.2) is 35.3 Å². The van der Waals surface area contributed by atoms with Crippen molar-refractivity contribution in [2.24, 2.45) is 7.05 Å². The number of nitro benzene ring substituents is 1. The van der Waals surface area contributed by atoms with E-state index in [4.69, 9.17) is 4.74 Å². The standard InChI is InChI=1S/C15H12N4O5S/c1-18-7-10(11(24-2)6-13(18)20)15(21)16-14-9-5-8(19(22)23)3-4-12(9)25-17-14/h3-7H,1-2H3,(H,16,17,21). The van der Waals surface area contributed by atoms with Crippen molar-refractivity contribution in [3.8, 4) is 5.75 Å². The van der Waals surface area contributed by atoms with Gasteiger partial charge in [0.25, 0.3) is 17.2 Å². The van der Waals surface area contributed by atoms with Crippen LogP contribution in [0, 0.1) is 10.1 Å². The van der Waals surface area contributed by atoms with Gasteiger partial charge in [0, 0.05) is 36.8 Å². The number of nitro groups is 1. The van der Waals surface area contributed by atoms with Crippen LogP contribution < -0.4 is 15.6 Å². The molecule has 0 unspecified atom stereocenters. The third-order valence-corrected chi connectivity index (χ3v) is 4.38. The number of ether oxygens (including phenoxy) is 1. The summed E-state index contributed by atoms with van der Waals surface area (Å²) in [6.45, 7) is 0. The first-order valence-electron chi connectivity index (χ1n) is 7.00. The number of pyridine rings is 1. The number of hydrogen-bond donors (Lipinski definition) is 1. The molecule has 0 aliphatic heterocycles. The van der Waals surface area contributed by atoms with Crippen LogP contribution >= 0.6 is 11.5 Å². The molecule has 2 aromatic heterocycles. The van der Waals surface area contributed by atoms with Crippen LogP contribution in [0.1, 0.15) is 10.4 Å². The van der Waals surface area contributed by atoms with Crippen LogP contribution in [0.4, 0.5) is 11.5 Å². The lowest BCUT2D eigenvalue weighted by Gasteiger charge is -2.09. The Labute approximate surface area is 144 Å². The van der Waals surface area contributed by atoms with Crippen molar-refractivity contribution in [3.63, 3.8) is 0 Å². The number of rotatable bonds is 4. The van der Waals surface area contributed by atoms with Crippen molar-refractivity contribution in [1.29, 1.82) is 0 Å². The van der Waals surface area contributed by atoms with Crippen molar-refractivity contribution in [3.05, 3.63) is 56.5 Å². The molecule has 3 rings (SSSR count). The monoisotopic (exact) mass is 360 g/mol. The first-order valence-corrected chi connectivity index (χ1v) is 7.78. The Hall–Kier alpha value is -3.27. The highest BCUT2D eigenvalue weighted by Gasteiger charge is 2.18. The fraction of sp³-hybridized carbons (Fsp3) is 0.133. The third-order valence-electron chi connectivity index (χ3n) is 3.55. The van der Waals surface area contributed by atoms with E-state index in [-0.39, 0.29) is 28.4 Å². The second kappa shape index (κ2) is 6.32. The molecule has 1 N–H and O–H groups in total. The molecule has 0 radical (unpaired) electrons. The summed E-state index contributed by atoms with van der Waals surface area (Å²) < 4.78 is 11.2. The molecule has 25 heavy (non-hydrogen) atoms. The van der Waals surface area contributed by atoms with Gasteiger partial charge >= 0.3 is 0 Å². The molecule has 0 aliphatic rings. The number of amides is 1. The van der Waals surface area contributed by atoms with Gasteiger partial charge in [0.05, 0.1) is 22.3 Å². The molecule has 0 spiro atoms. The number of benzene rings is 1. The summed E-state index contributed by atoms with van der Waals surface area (Å²) in [5.74, 6) is -0.193. The van der Waals surface area contributed by atoms with Gasteiger partial charge in [-0.2, -0.15) is 4.37 Å². The number of aromatic nitrogens is 2.